The lowest BCUT2D eigenvalue weighted by atomic mass is 9.77. The summed E-state index contributed by atoms with van der Waals surface area (Å²) in [7, 11) is 0. The van der Waals surface area contributed by atoms with Crippen LogP contribution in [0, 0.1) is 5.92 Å². The summed E-state index contributed by atoms with van der Waals surface area (Å²) >= 11 is 0. The van der Waals surface area contributed by atoms with Crippen LogP contribution >= 0.6 is 0 Å². The average molecular weight is 641 g/mol. The summed E-state index contributed by atoms with van der Waals surface area (Å²) < 4.78 is 17.0. The molecule has 0 atom stereocenters. The lowest BCUT2D eigenvalue weighted by Gasteiger charge is -2.29. The van der Waals surface area contributed by atoms with Crippen molar-refractivity contribution in [2.24, 2.45) is 5.92 Å². The Balaban J connectivity index is 1.35. The minimum absolute atomic E-state index is 0.0291. The third-order valence-electron chi connectivity index (χ3n) is 9.46. The summed E-state index contributed by atoms with van der Waals surface area (Å²) in [5.41, 5.74) is 5.96. The zero-order valence-corrected chi connectivity index (χ0v) is 28.8. The molecule has 0 heterocycles. The molecule has 0 unspecified atom stereocenters. The van der Waals surface area contributed by atoms with Crippen LogP contribution in [-0.2, 0) is 9.53 Å². The molecule has 0 aliphatic heterocycles. The zero-order valence-electron chi connectivity index (χ0n) is 28.8. The number of rotatable bonds is 20. The van der Waals surface area contributed by atoms with Crippen LogP contribution in [0.5, 0.6) is 11.5 Å². The van der Waals surface area contributed by atoms with E-state index in [0.29, 0.717) is 17.2 Å². The van der Waals surface area contributed by atoms with Crippen LogP contribution in [0.4, 0.5) is 0 Å². The fraction of sp³-hybridized carbons (Fsp3) is 0.500. The van der Waals surface area contributed by atoms with Gasteiger partial charge in [-0.3, -0.25) is 0 Å². The smallest absolute Gasteiger partial charge is 0.333 e. The van der Waals surface area contributed by atoms with Crippen molar-refractivity contribution in [3.8, 4) is 33.8 Å². The number of hydrogen-bond donors (Lipinski definition) is 1. The summed E-state index contributed by atoms with van der Waals surface area (Å²) in [6.45, 7) is 8.15. The molecule has 4 rings (SSSR count). The Kier molecular flexibility index (Phi) is 15.4. The Bertz CT molecular complexity index is 1350. The lowest BCUT2D eigenvalue weighted by molar-refractivity contribution is -0.139. The number of aliphatic hydroxyl groups is 1. The Morgan fingerprint density at radius 2 is 1.38 bits per heavy atom. The van der Waals surface area contributed by atoms with Gasteiger partial charge < -0.3 is 19.3 Å². The third-order valence-corrected chi connectivity index (χ3v) is 9.46. The molecule has 5 nitrogen and oxygen atoms in total. The molecule has 3 aromatic rings. The Hall–Kier alpha value is -3.57. The van der Waals surface area contributed by atoms with E-state index < -0.39 is 5.97 Å². The maximum absolute atomic E-state index is 11.8. The summed E-state index contributed by atoms with van der Waals surface area (Å²) in [5, 5.41) is 9.06. The first-order valence-electron chi connectivity index (χ1n) is 18.0. The first-order valence-corrected chi connectivity index (χ1v) is 18.0. The molecular weight excluding hydrogens is 584 g/mol. The van der Waals surface area contributed by atoms with Crippen LogP contribution in [0.15, 0.2) is 78.9 Å². The summed E-state index contributed by atoms with van der Waals surface area (Å²) in [6, 6.07) is 23.1. The van der Waals surface area contributed by atoms with Gasteiger partial charge in [-0.2, -0.15) is 0 Å². The monoisotopic (exact) mass is 640 g/mol. The van der Waals surface area contributed by atoms with Crippen LogP contribution in [0.25, 0.3) is 22.3 Å². The van der Waals surface area contributed by atoms with Gasteiger partial charge in [0.15, 0.2) is 0 Å². The van der Waals surface area contributed by atoms with Crippen molar-refractivity contribution in [3.63, 3.8) is 0 Å². The number of aliphatic hydroxyl groups excluding tert-OH is 1. The van der Waals surface area contributed by atoms with Crippen LogP contribution in [0.3, 0.4) is 0 Å². The molecule has 3 aromatic carbocycles. The number of benzene rings is 3. The Morgan fingerprint density at radius 3 is 2.04 bits per heavy atom. The predicted octanol–water partition coefficient (Wildman–Crippen LogP) is 10.7. The van der Waals surface area contributed by atoms with Crippen molar-refractivity contribution >= 4 is 5.97 Å². The standard InChI is InChI=1S/C42H56O5/c1-4-5-6-7-8-9-10-11-12-33-13-15-34(16-14-33)35-17-19-36(20-18-35)38-23-26-40(37-21-24-39(25-22-37)45-28-27-43)41(31-38)46-29-30-47-42(44)32(2)3/h17-26,31,33-34,43H,2,4-16,27-30H2,1,3H3. The van der Waals surface area contributed by atoms with Crippen molar-refractivity contribution in [1.29, 1.82) is 0 Å². The van der Waals surface area contributed by atoms with E-state index in [1.54, 1.807) is 6.92 Å². The zero-order chi connectivity index (χ0) is 33.3. The van der Waals surface area contributed by atoms with Crippen molar-refractivity contribution < 1.29 is 24.1 Å². The van der Waals surface area contributed by atoms with Crippen LogP contribution in [-0.4, -0.2) is 37.5 Å². The molecule has 0 radical (unpaired) electrons. The SMILES string of the molecule is C=C(C)C(=O)OCCOc1cc(-c2ccc(C3CCC(CCCCCCCCCC)CC3)cc2)ccc1-c1ccc(OCCO)cc1. The van der Waals surface area contributed by atoms with E-state index >= 15 is 0 Å². The molecule has 0 spiro atoms. The molecule has 1 saturated carbocycles. The van der Waals surface area contributed by atoms with E-state index in [1.807, 2.05) is 24.3 Å². The molecule has 1 aliphatic carbocycles. The molecule has 0 bridgehead atoms. The van der Waals surface area contributed by atoms with E-state index in [2.05, 4.69) is 56.0 Å². The summed E-state index contributed by atoms with van der Waals surface area (Å²) in [4.78, 5) is 11.8. The van der Waals surface area contributed by atoms with Gasteiger partial charge in [0, 0.05) is 11.1 Å². The number of esters is 1. The van der Waals surface area contributed by atoms with Crippen LogP contribution in [0.1, 0.15) is 109 Å². The molecule has 1 aliphatic rings. The van der Waals surface area contributed by atoms with Crippen LogP contribution < -0.4 is 9.47 Å². The van der Waals surface area contributed by atoms with Crippen molar-refractivity contribution in [1.82, 2.24) is 0 Å². The molecule has 1 N–H and O–H groups in total. The van der Waals surface area contributed by atoms with E-state index in [1.165, 1.54) is 89.0 Å². The predicted molar refractivity (Wildman–Crippen MR) is 193 cm³/mol. The highest BCUT2D eigenvalue weighted by Gasteiger charge is 2.22. The van der Waals surface area contributed by atoms with E-state index in [-0.39, 0.29) is 26.4 Å². The first kappa shape index (κ1) is 36.3. The fourth-order valence-electron chi connectivity index (χ4n) is 6.66. The van der Waals surface area contributed by atoms with Gasteiger partial charge >= 0.3 is 5.97 Å². The second-order valence-corrected chi connectivity index (χ2v) is 13.2. The minimum atomic E-state index is -0.418. The van der Waals surface area contributed by atoms with Gasteiger partial charge in [0.1, 0.15) is 31.3 Å². The minimum Gasteiger partial charge on any atom is -0.491 e. The van der Waals surface area contributed by atoms with E-state index in [4.69, 9.17) is 19.3 Å². The number of hydrogen-bond acceptors (Lipinski definition) is 5. The fourth-order valence-corrected chi connectivity index (χ4v) is 6.66. The van der Waals surface area contributed by atoms with Gasteiger partial charge in [-0.1, -0.05) is 120 Å². The van der Waals surface area contributed by atoms with Crippen molar-refractivity contribution in [2.75, 3.05) is 26.4 Å². The maximum atomic E-state index is 11.8. The number of unbranched alkanes of at least 4 members (excludes halogenated alkanes) is 7. The molecule has 47 heavy (non-hydrogen) atoms. The van der Waals surface area contributed by atoms with E-state index in [0.717, 1.165) is 33.9 Å². The Morgan fingerprint density at radius 1 is 0.745 bits per heavy atom. The second kappa shape index (κ2) is 19.9. The van der Waals surface area contributed by atoms with Gasteiger partial charge in [0.05, 0.1) is 6.61 Å². The number of carbonyl (C=O) groups is 1. The third kappa shape index (κ3) is 11.9. The van der Waals surface area contributed by atoms with Gasteiger partial charge in [-0.15, -0.1) is 0 Å². The van der Waals surface area contributed by atoms with Gasteiger partial charge in [0.25, 0.3) is 0 Å². The molecule has 0 saturated heterocycles. The van der Waals surface area contributed by atoms with E-state index in [9.17, 15) is 4.79 Å². The molecule has 0 aromatic heterocycles. The highest BCUT2D eigenvalue weighted by atomic mass is 16.6. The molecule has 254 valence electrons. The highest BCUT2D eigenvalue weighted by molar-refractivity contribution is 5.86. The normalized spacial score (nSPS) is 16.1. The largest absolute Gasteiger partial charge is 0.491 e. The second-order valence-electron chi connectivity index (χ2n) is 13.2. The van der Waals surface area contributed by atoms with Gasteiger partial charge in [-0.05, 0) is 84.9 Å². The highest BCUT2D eigenvalue weighted by Crippen LogP contribution is 2.39. The molecular formula is C42H56O5. The number of ether oxygens (including phenoxy) is 3. The lowest BCUT2D eigenvalue weighted by Crippen LogP contribution is -2.13. The molecule has 0 amide bonds. The van der Waals surface area contributed by atoms with Gasteiger partial charge in [0.2, 0.25) is 0 Å². The average Bonchev–Trinajstić information content (AvgIpc) is 3.10. The molecule has 1 fully saturated rings. The van der Waals surface area contributed by atoms with Gasteiger partial charge in [-0.25, -0.2) is 4.79 Å². The van der Waals surface area contributed by atoms with Crippen molar-refractivity contribution in [3.05, 3.63) is 84.4 Å². The number of carbonyl (C=O) groups excluding carboxylic acids is 1. The summed E-state index contributed by atoms with van der Waals surface area (Å²) in [6.07, 6.45) is 18.0. The Labute approximate surface area is 283 Å². The van der Waals surface area contributed by atoms with Crippen molar-refractivity contribution in [2.45, 2.75) is 103 Å². The molecule has 5 heteroatoms. The first-order chi connectivity index (χ1) is 23.0. The quantitative estimate of drug-likeness (QED) is 0.0756. The summed E-state index contributed by atoms with van der Waals surface area (Å²) in [5.74, 6) is 2.57. The topological polar surface area (TPSA) is 65.0 Å². The van der Waals surface area contributed by atoms with Crippen LogP contribution in [0.2, 0.25) is 0 Å². The maximum Gasteiger partial charge on any atom is 0.333 e.